The third-order valence-electron chi connectivity index (χ3n) is 4.02. The number of nitrogens with zero attached hydrogens (tertiary/aromatic N) is 3. The average Bonchev–Trinajstić information content (AvgIpc) is 2.48. The number of pyridine rings is 1. The summed E-state index contributed by atoms with van der Waals surface area (Å²) in [6.45, 7) is 4.92. The molecular formula is C16H18FN3O2. The first-order valence-electron chi connectivity index (χ1n) is 7.29. The second-order valence-corrected chi connectivity index (χ2v) is 5.62. The van der Waals surface area contributed by atoms with E-state index in [9.17, 15) is 9.18 Å². The van der Waals surface area contributed by atoms with E-state index >= 15 is 0 Å². The predicted molar refractivity (Wildman–Crippen MR) is 82.7 cm³/mol. The number of fused-ring (bicyclic) bond motifs is 1. The Balaban J connectivity index is 1.80. The Morgan fingerprint density at radius 2 is 2.00 bits per heavy atom. The zero-order valence-electron chi connectivity index (χ0n) is 12.4. The molecule has 6 heteroatoms. The molecule has 2 heterocycles. The Labute approximate surface area is 128 Å². The topological polar surface area (TPSA) is 56.7 Å². The van der Waals surface area contributed by atoms with Gasteiger partial charge in [-0.25, -0.2) is 9.37 Å². The van der Waals surface area contributed by atoms with Crippen molar-refractivity contribution in [3.63, 3.8) is 0 Å². The van der Waals surface area contributed by atoms with Crippen LogP contribution in [-0.2, 0) is 4.79 Å². The minimum absolute atomic E-state index is 0.0806. The largest absolute Gasteiger partial charge is 0.480 e. The summed E-state index contributed by atoms with van der Waals surface area (Å²) < 4.78 is 13.3. The number of aryl methyl sites for hydroxylation is 1. The molecule has 0 atom stereocenters. The number of piperazine rings is 1. The molecule has 116 valence electrons. The van der Waals surface area contributed by atoms with Crippen molar-refractivity contribution in [3.05, 3.63) is 35.6 Å². The fourth-order valence-corrected chi connectivity index (χ4v) is 2.84. The van der Waals surface area contributed by atoms with Gasteiger partial charge in [0.15, 0.2) is 0 Å². The molecule has 2 aromatic rings. The van der Waals surface area contributed by atoms with Crippen LogP contribution in [0.2, 0.25) is 0 Å². The van der Waals surface area contributed by atoms with Gasteiger partial charge in [-0.3, -0.25) is 9.69 Å². The van der Waals surface area contributed by atoms with E-state index in [-0.39, 0.29) is 12.4 Å². The van der Waals surface area contributed by atoms with Crippen molar-refractivity contribution in [2.24, 2.45) is 0 Å². The molecule has 0 unspecified atom stereocenters. The molecule has 0 radical (unpaired) electrons. The summed E-state index contributed by atoms with van der Waals surface area (Å²) in [4.78, 5) is 19.4. The van der Waals surface area contributed by atoms with E-state index in [4.69, 9.17) is 5.11 Å². The van der Waals surface area contributed by atoms with Gasteiger partial charge in [-0.15, -0.1) is 0 Å². The van der Waals surface area contributed by atoms with Crippen LogP contribution >= 0.6 is 0 Å². The summed E-state index contributed by atoms with van der Waals surface area (Å²) in [6.07, 6.45) is 0. The molecule has 1 aliphatic rings. The second kappa shape index (κ2) is 5.88. The Bertz CT molecular complexity index is 712. The minimum atomic E-state index is -0.796. The van der Waals surface area contributed by atoms with Gasteiger partial charge >= 0.3 is 5.97 Å². The van der Waals surface area contributed by atoms with Gasteiger partial charge in [0, 0.05) is 31.6 Å². The Morgan fingerprint density at radius 3 is 2.68 bits per heavy atom. The lowest BCUT2D eigenvalue weighted by atomic mass is 10.1. The summed E-state index contributed by atoms with van der Waals surface area (Å²) in [5, 5.41) is 9.65. The number of carboxylic acids is 1. The van der Waals surface area contributed by atoms with Crippen LogP contribution in [0.5, 0.6) is 0 Å². The smallest absolute Gasteiger partial charge is 0.317 e. The molecule has 0 aliphatic carbocycles. The number of hydrogen-bond donors (Lipinski definition) is 1. The highest BCUT2D eigenvalue weighted by atomic mass is 19.1. The normalized spacial score (nSPS) is 16.2. The number of anilines is 1. The van der Waals surface area contributed by atoms with Crippen LogP contribution in [-0.4, -0.2) is 53.7 Å². The van der Waals surface area contributed by atoms with E-state index in [2.05, 4.69) is 9.88 Å². The van der Waals surface area contributed by atoms with Gasteiger partial charge in [-0.2, -0.15) is 0 Å². The number of aliphatic carboxylic acids is 1. The Morgan fingerprint density at radius 1 is 1.27 bits per heavy atom. The van der Waals surface area contributed by atoms with Crippen molar-refractivity contribution >= 4 is 22.7 Å². The maximum absolute atomic E-state index is 13.3. The molecule has 0 saturated carbocycles. The maximum Gasteiger partial charge on any atom is 0.317 e. The third kappa shape index (κ3) is 3.01. The summed E-state index contributed by atoms with van der Waals surface area (Å²) in [5.74, 6) is -0.186. The van der Waals surface area contributed by atoms with Crippen molar-refractivity contribution in [3.8, 4) is 0 Å². The van der Waals surface area contributed by atoms with Crippen molar-refractivity contribution in [2.75, 3.05) is 37.6 Å². The minimum Gasteiger partial charge on any atom is -0.480 e. The Hall–Kier alpha value is -2.21. The lowest BCUT2D eigenvalue weighted by Crippen LogP contribution is -2.48. The number of carbonyl (C=O) groups is 1. The predicted octanol–water partition coefficient (Wildman–Crippen LogP) is 1.89. The molecule has 0 amide bonds. The molecule has 1 saturated heterocycles. The first-order valence-corrected chi connectivity index (χ1v) is 7.29. The summed E-state index contributed by atoms with van der Waals surface area (Å²) in [7, 11) is 0. The van der Waals surface area contributed by atoms with Crippen LogP contribution in [0, 0.1) is 12.7 Å². The van der Waals surface area contributed by atoms with Crippen LogP contribution < -0.4 is 4.90 Å². The van der Waals surface area contributed by atoms with Gasteiger partial charge in [-0.05, 0) is 36.8 Å². The van der Waals surface area contributed by atoms with Crippen LogP contribution in [0.1, 0.15) is 5.56 Å². The molecule has 0 bridgehead atoms. The highest BCUT2D eigenvalue weighted by Gasteiger charge is 2.20. The monoisotopic (exact) mass is 303 g/mol. The summed E-state index contributed by atoms with van der Waals surface area (Å²) in [5.41, 5.74) is 1.77. The lowest BCUT2D eigenvalue weighted by molar-refractivity contribution is -0.138. The zero-order chi connectivity index (χ0) is 15.7. The van der Waals surface area contributed by atoms with E-state index in [0.29, 0.717) is 13.1 Å². The van der Waals surface area contributed by atoms with Gasteiger partial charge in [0.25, 0.3) is 0 Å². The van der Waals surface area contributed by atoms with E-state index in [1.807, 2.05) is 17.9 Å². The molecule has 1 aliphatic heterocycles. The fraction of sp³-hybridized carbons (Fsp3) is 0.375. The zero-order valence-corrected chi connectivity index (χ0v) is 12.4. The Kier molecular flexibility index (Phi) is 3.94. The van der Waals surface area contributed by atoms with E-state index < -0.39 is 5.97 Å². The molecular weight excluding hydrogens is 285 g/mol. The van der Waals surface area contributed by atoms with Crippen LogP contribution in [0.15, 0.2) is 24.3 Å². The van der Waals surface area contributed by atoms with Crippen LogP contribution in [0.3, 0.4) is 0 Å². The second-order valence-electron chi connectivity index (χ2n) is 5.62. The van der Waals surface area contributed by atoms with Crippen molar-refractivity contribution in [1.82, 2.24) is 9.88 Å². The average molecular weight is 303 g/mol. The number of rotatable bonds is 3. The van der Waals surface area contributed by atoms with Crippen LogP contribution in [0.25, 0.3) is 10.9 Å². The van der Waals surface area contributed by atoms with E-state index in [1.54, 1.807) is 6.07 Å². The van der Waals surface area contributed by atoms with Crippen molar-refractivity contribution in [1.29, 1.82) is 0 Å². The number of aromatic nitrogens is 1. The molecule has 22 heavy (non-hydrogen) atoms. The SMILES string of the molecule is Cc1cc(N2CCN(CC(=O)O)CC2)nc2ccc(F)cc12. The number of halogens is 1. The highest BCUT2D eigenvalue weighted by molar-refractivity contribution is 5.84. The summed E-state index contributed by atoms with van der Waals surface area (Å²) >= 11 is 0. The lowest BCUT2D eigenvalue weighted by Gasteiger charge is -2.34. The van der Waals surface area contributed by atoms with E-state index in [1.165, 1.54) is 12.1 Å². The van der Waals surface area contributed by atoms with E-state index in [0.717, 1.165) is 35.4 Å². The molecule has 1 aromatic heterocycles. The molecule has 0 spiro atoms. The quantitative estimate of drug-likeness (QED) is 0.938. The fourth-order valence-electron chi connectivity index (χ4n) is 2.84. The number of benzene rings is 1. The van der Waals surface area contributed by atoms with Gasteiger partial charge < -0.3 is 10.0 Å². The molecule has 1 N–H and O–H groups in total. The molecule has 1 fully saturated rings. The summed E-state index contributed by atoms with van der Waals surface area (Å²) in [6, 6.07) is 6.59. The standard InChI is InChI=1S/C16H18FN3O2/c1-11-8-15(18-14-3-2-12(17)9-13(11)14)20-6-4-19(5-7-20)10-16(21)22/h2-3,8-9H,4-7,10H2,1H3,(H,21,22). The van der Waals surface area contributed by atoms with Crippen molar-refractivity contribution < 1.29 is 14.3 Å². The number of hydrogen-bond acceptors (Lipinski definition) is 4. The third-order valence-corrected chi connectivity index (χ3v) is 4.02. The van der Waals surface area contributed by atoms with Gasteiger partial charge in [0.2, 0.25) is 0 Å². The van der Waals surface area contributed by atoms with Crippen molar-refractivity contribution in [2.45, 2.75) is 6.92 Å². The first-order chi connectivity index (χ1) is 10.5. The van der Waals surface area contributed by atoms with Gasteiger partial charge in [0.1, 0.15) is 11.6 Å². The maximum atomic E-state index is 13.3. The van der Waals surface area contributed by atoms with Gasteiger partial charge in [0.05, 0.1) is 12.1 Å². The molecule has 1 aromatic carbocycles. The first kappa shape index (κ1) is 14.7. The molecule has 3 rings (SSSR count). The number of carboxylic acid groups (broad SMARTS) is 1. The van der Waals surface area contributed by atoms with Crippen LogP contribution in [0.4, 0.5) is 10.2 Å². The molecule has 5 nitrogen and oxygen atoms in total. The highest BCUT2D eigenvalue weighted by Crippen LogP contribution is 2.24. The van der Waals surface area contributed by atoms with Gasteiger partial charge in [-0.1, -0.05) is 0 Å².